The van der Waals surface area contributed by atoms with Crippen LogP contribution in [-0.2, 0) is 6.54 Å². The number of hydrogen-bond acceptors (Lipinski definition) is 3. The van der Waals surface area contributed by atoms with Crippen LogP contribution < -0.4 is 5.32 Å². The number of aryl methyl sites for hydroxylation is 2. The SMILES string of the molecule is Cc1ccc(C(O)CNCc2cnc3c(C)cccn23)cc1. The highest BCUT2D eigenvalue weighted by atomic mass is 16.3. The van der Waals surface area contributed by atoms with E-state index in [0.29, 0.717) is 13.1 Å². The Bertz CT molecular complexity index is 762. The standard InChI is InChI=1S/C18H21N3O/c1-13-5-7-15(8-6-13)17(22)12-19-10-16-11-20-18-14(2)4-3-9-21(16)18/h3-9,11,17,19,22H,10,12H2,1-2H3. The molecular weight excluding hydrogens is 274 g/mol. The third kappa shape index (κ3) is 3.03. The Morgan fingerprint density at radius 1 is 1.18 bits per heavy atom. The van der Waals surface area contributed by atoms with Crippen molar-refractivity contribution >= 4 is 5.65 Å². The van der Waals surface area contributed by atoms with Crippen LogP contribution in [0, 0.1) is 13.8 Å². The van der Waals surface area contributed by atoms with Gasteiger partial charge in [0.05, 0.1) is 18.0 Å². The van der Waals surface area contributed by atoms with E-state index in [0.717, 1.165) is 22.5 Å². The molecule has 4 heteroatoms. The van der Waals surface area contributed by atoms with Crippen LogP contribution in [0.2, 0.25) is 0 Å². The topological polar surface area (TPSA) is 49.6 Å². The van der Waals surface area contributed by atoms with Crippen molar-refractivity contribution in [3.63, 3.8) is 0 Å². The highest BCUT2D eigenvalue weighted by Crippen LogP contribution is 2.14. The van der Waals surface area contributed by atoms with Crippen LogP contribution in [0.15, 0.2) is 48.8 Å². The Kier molecular flexibility index (Phi) is 4.22. The van der Waals surface area contributed by atoms with Crippen LogP contribution in [0.5, 0.6) is 0 Å². The number of fused-ring (bicyclic) bond motifs is 1. The minimum absolute atomic E-state index is 0.499. The lowest BCUT2D eigenvalue weighted by atomic mass is 10.1. The van der Waals surface area contributed by atoms with Gasteiger partial charge in [-0.25, -0.2) is 4.98 Å². The quantitative estimate of drug-likeness (QED) is 0.761. The predicted octanol–water partition coefficient (Wildman–Crippen LogP) is 2.77. The first-order valence-electron chi connectivity index (χ1n) is 7.52. The highest BCUT2D eigenvalue weighted by molar-refractivity contribution is 5.48. The fourth-order valence-corrected chi connectivity index (χ4v) is 2.58. The van der Waals surface area contributed by atoms with Crippen LogP contribution in [0.1, 0.15) is 28.5 Å². The van der Waals surface area contributed by atoms with Gasteiger partial charge in [-0.1, -0.05) is 35.9 Å². The van der Waals surface area contributed by atoms with Crippen molar-refractivity contribution in [1.29, 1.82) is 0 Å². The third-order valence-electron chi connectivity index (χ3n) is 3.91. The maximum atomic E-state index is 10.2. The van der Waals surface area contributed by atoms with Crippen molar-refractivity contribution in [3.8, 4) is 0 Å². The molecule has 22 heavy (non-hydrogen) atoms. The number of aliphatic hydroxyl groups is 1. The lowest BCUT2D eigenvalue weighted by molar-refractivity contribution is 0.174. The monoisotopic (exact) mass is 295 g/mol. The maximum absolute atomic E-state index is 10.2. The molecule has 1 atom stereocenters. The van der Waals surface area contributed by atoms with Crippen LogP contribution >= 0.6 is 0 Å². The van der Waals surface area contributed by atoms with Crippen LogP contribution in [-0.4, -0.2) is 21.0 Å². The summed E-state index contributed by atoms with van der Waals surface area (Å²) in [5.74, 6) is 0. The van der Waals surface area contributed by atoms with Crippen LogP contribution in [0.4, 0.5) is 0 Å². The summed E-state index contributed by atoms with van der Waals surface area (Å²) in [7, 11) is 0. The molecule has 2 heterocycles. The minimum atomic E-state index is -0.499. The summed E-state index contributed by atoms with van der Waals surface area (Å²) >= 11 is 0. The molecule has 0 radical (unpaired) electrons. The number of hydrogen-bond donors (Lipinski definition) is 2. The first-order valence-corrected chi connectivity index (χ1v) is 7.52. The molecule has 3 aromatic rings. The molecule has 0 aliphatic heterocycles. The van der Waals surface area contributed by atoms with E-state index in [2.05, 4.69) is 27.7 Å². The number of aliphatic hydroxyl groups excluding tert-OH is 1. The van der Waals surface area contributed by atoms with Gasteiger partial charge in [0.2, 0.25) is 0 Å². The fraction of sp³-hybridized carbons (Fsp3) is 0.278. The molecule has 1 aromatic carbocycles. The zero-order valence-electron chi connectivity index (χ0n) is 13.0. The summed E-state index contributed by atoms with van der Waals surface area (Å²) in [6, 6.07) is 12.1. The lowest BCUT2D eigenvalue weighted by Gasteiger charge is -2.12. The lowest BCUT2D eigenvalue weighted by Crippen LogP contribution is -2.21. The van der Waals surface area contributed by atoms with E-state index in [4.69, 9.17) is 0 Å². The Morgan fingerprint density at radius 2 is 1.95 bits per heavy atom. The number of aromatic nitrogens is 2. The maximum Gasteiger partial charge on any atom is 0.139 e. The number of benzene rings is 1. The van der Waals surface area contributed by atoms with Crippen LogP contribution in [0.25, 0.3) is 5.65 Å². The van der Waals surface area contributed by atoms with E-state index in [1.54, 1.807) is 0 Å². The van der Waals surface area contributed by atoms with Crippen molar-refractivity contribution in [2.24, 2.45) is 0 Å². The van der Waals surface area contributed by atoms with Gasteiger partial charge in [0.1, 0.15) is 5.65 Å². The average Bonchev–Trinajstić information content (AvgIpc) is 2.93. The van der Waals surface area contributed by atoms with E-state index >= 15 is 0 Å². The summed E-state index contributed by atoms with van der Waals surface area (Å²) in [6.07, 6.45) is 3.40. The molecule has 0 saturated heterocycles. The molecule has 3 rings (SSSR count). The van der Waals surface area contributed by atoms with Gasteiger partial charge in [-0.3, -0.25) is 0 Å². The fourth-order valence-electron chi connectivity index (χ4n) is 2.58. The second-order valence-electron chi connectivity index (χ2n) is 5.69. The largest absolute Gasteiger partial charge is 0.387 e. The van der Waals surface area contributed by atoms with Crippen molar-refractivity contribution in [2.75, 3.05) is 6.54 Å². The molecule has 1 unspecified atom stereocenters. The summed E-state index contributed by atoms with van der Waals surface area (Å²) in [6.45, 7) is 5.29. The van der Waals surface area contributed by atoms with Gasteiger partial charge >= 0.3 is 0 Å². The zero-order chi connectivity index (χ0) is 15.5. The molecule has 0 bridgehead atoms. The van der Waals surface area contributed by atoms with Crippen LogP contribution in [0.3, 0.4) is 0 Å². The molecular formula is C18H21N3O. The van der Waals surface area contributed by atoms with Gasteiger partial charge in [-0.15, -0.1) is 0 Å². The Balaban J connectivity index is 1.62. The van der Waals surface area contributed by atoms with Gasteiger partial charge in [0.15, 0.2) is 0 Å². The average molecular weight is 295 g/mol. The van der Waals surface area contributed by atoms with Gasteiger partial charge in [-0.05, 0) is 31.0 Å². The number of nitrogens with zero attached hydrogens (tertiary/aromatic N) is 2. The summed E-state index contributed by atoms with van der Waals surface area (Å²) in [5.41, 5.74) is 5.37. The second-order valence-corrected chi connectivity index (χ2v) is 5.69. The molecule has 0 spiro atoms. The Morgan fingerprint density at radius 3 is 2.73 bits per heavy atom. The van der Waals surface area contributed by atoms with E-state index in [1.165, 1.54) is 5.56 Å². The van der Waals surface area contributed by atoms with Crippen molar-refractivity contribution in [3.05, 3.63) is 71.2 Å². The van der Waals surface area contributed by atoms with E-state index in [1.807, 2.05) is 49.6 Å². The molecule has 0 aliphatic rings. The van der Waals surface area contributed by atoms with Gasteiger partial charge in [-0.2, -0.15) is 0 Å². The van der Waals surface area contributed by atoms with Gasteiger partial charge in [0.25, 0.3) is 0 Å². The minimum Gasteiger partial charge on any atom is -0.387 e. The molecule has 2 aromatic heterocycles. The molecule has 0 saturated carbocycles. The molecule has 114 valence electrons. The number of rotatable bonds is 5. The van der Waals surface area contributed by atoms with Gasteiger partial charge < -0.3 is 14.8 Å². The molecule has 0 amide bonds. The first-order chi connectivity index (χ1) is 10.6. The predicted molar refractivity (Wildman–Crippen MR) is 87.8 cm³/mol. The van der Waals surface area contributed by atoms with Crippen molar-refractivity contribution < 1.29 is 5.11 Å². The normalized spacial score (nSPS) is 12.7. The molecule has 4 nitrogen and oxygen atoms in total. The van der Waals surface area contributed by atoms with Crippen molar-refractivity contribution in [1.82, 2.24) is 14.7 Å². The molecule has 0 fully saturated rings. The number of nitrogens with one attached hydrogen (secondary N) is 1. The van der Waals surface area contributed by atoms with E-state index < -0.39 is 6.10 Å². The summed E-state index contributed by atoms with van der Waals surface area (Å²) in [4.78, 5) is 4.44. The highest BCUT2D eigenvalue weighted by Gasteiger charge is 2.08. The molecule has 0 aliphatic carbocycles. The number of pyridine rings is 1. The van der Waals surface area contributed by atoms with E-state index in [-0.39, 0.29) is 0 Å². The first kappa shape index (κ1) is 14.8. The molecule has 2 N–H and O–H groups in total. The number of imidazole rings is 1. The smallest absolute Gasteiger partial charge is 0.139 e. The Labute approximate surface area is 130 Å². The second kappa shape index (κ2) is 6.30. The van der Waals surface area contributed by atoms with Crippen molar-refractivity contribution in [2.45, 2.75) is 26.5 Å². The third-order valence-corrected chi connectivity index (χ3v) is 3.91. The zero-order valence-corrected chi connectivity index (χ0v) is 13.0. The van der Waals surface area contributed by atoms with Gasteiger partial charge in [0, 0.05) is 19.3 Å². The summed E-state index contributed by atoms with van der Waals surface area (Å²) < 4.78 is 2.08. The summed E-state index contributed by atoms with van der Waals surface area (Å²) in [5, 5.41) is 13.5. The Hall–Kier alpha value is -2.17. The van der Waals surface area contributed by atoms with E-state index in [9.17, 15) is 5.11 Å².